The van der Waals surface area contributed by atoms with Crippen molar-refractivity contribution < 1.29 is 27.4 Å². The maximum Gasteiger partial charge on any atom is 0.416 e. The minimum Gasteiger partial charge on any atom is -0.497 e. The number of likely N-dealkylation sites (tertiary alicyclic amines) is 1. The van der Waals surface area contributed by atoms with Crippen molar-refractivity contribution in [3.8, 4) is 17.2 Å². The standard InChI is InChI=1S/C25H27F3N4O3/c1-34-20-10-8-17(9-11-20)21(31-12-3-4-13-31)15-29-24(33)23-22(35-2)16-32(30-23)19-7-5-6-18(14-19)25(26,27)28/h5-11,14,16,21H,3-4,12-13,15H2,1-2H3,(H,29,33). The van der Waals surface area contributed by atoms with Crippen LogP contribution in [0.5, 0.6) is 11.5 Å². The number of amides is 1. The maximum absolute atomic E-state index is 13.1. The summed E-state index contributed by atoms with van der Waals surface area (Å²) in [5.41, 5.74) is 0.419. The highest BCUT2D eigenvalue weighted by Gasteiger charge is 2.31. The molecule has 1 aliphatic heterocycles. The number of aromatic nitrogens is 2. The van der Waals surface area contributed by atoms with Crippen LogP contribution in [0.2, 0.25) is 0 Å². The molecule has 0 radical (unpaired) electrons. The van der Waals surface area contributed by atoms with Gasteiger partial charge in [0.05, 0.1) is 37.7 Å². The topological polar surface area (TPSA) is 68.6 Å². The van der Waals surface area contributed by atoms with Crippen LogP contribution in [0, 0.1) is 0 Å². The molecule has 1 unspecified atom stereocenters. The number of carbonyl (C=O) groups excluding carboxylic acids is 1. The van der Waals surface area contributed by atoms with Gasteiger partial charge in [-0.1, -0.05) is 18.2 Å². The quantitative estimate of drug-likeness (QED) is 0.507. The summed E-state index contributed by atoms with van der Waals surface area (Å²) >= 11 is 0. The molecular formula is C25H27F3N4O3. The first kappa shape index (κ1) is 24.6. The van der Waals surface area contributed by atoms with Crippen LogP contribution in [-0.4, -0.2) is 54.4 Å². The minimum absolute atomic E-state index is 0.000172. The third-order valence-electron chi connectivity index (χ3n) is 6.09. The van der Waals surface area contributed by atoms with Crippen molar-refractivity contribution in [2.45, 2.75) is 25.1 Å². The zero-order chi connectivity index (χ0) is 25.0. The fourth-order valence-corrected chi connectivity index (χ4v) is 4.23. The summed E-state index contributed by atoms with van der Waals surface area (Å²) in [6.07, 6.45) is -0.906. The Hall–Kier alpha value is -3.53. The average Bonchev–Trinajstić information content (AvgIpc) is 3.54. The number of nitrogens with one attached hydrogen (secondary N) is 1. The Balaban J connectivity index is 1.54. The van der Waals surface area contributed by atoms with Gasteiger partial charge in [0.15, 0.2) is 11.4 Å². The molecule has 1 N–H and O–H groups in total. The third-order valence-corrected chi connectivity index (χ3v) is 6.09. The van der Waals surface area contributed by atoms with Gasteiger partial charge in [0.2, 0.25) is 0 Å². The van der Waals surface area contributed by atoms with Gasteiger partial charge in [0.25, 0.3) is 5.91 Å². The molecule has 1 amide bonds. The van der Waals surface area contributed by atoms with E-state index in [2.05, 4.69) is 15.3 Å². The molecule has 2 aromatic carbocycles. The van der Waals surface area contributed by atoms with E-state index in [0.717, 1.165) is 49.4 Å². The van der Waals surface area contributed by atoms with E-state index in [1.165, 1.54) is 30.1 Å². The molecule has 3 aromatic rings. The van der Waals surface area contributed by atoms with Crippen LogP contribution in [0.1, 0.15) is 40.5 Å². The summed E-state index contributed by atoms with van der Waals surface area (Å²) in [6, 6.07) is 12.4. The molecule has 186 valence electrons. The van der Waals surface area contributed by atoms with Gasteiger partial charge in [-0.15, -0.1) is 0 Å². The molecule has 10 heteroatoms. The summed E-state index contributed by atoms with van der Waals surface area (Å²) in [6.45, 7) is 2.20. The Bertz CT molecular complexity index is 1160. The van der Waals surface area contributed by atoms with Gasteiger partial charge >= 0.3 is 6.18 Å². The lowest BCUT2D eigenvalue weighted by Gasteiger charge is -2.28. The highest BCUT2D eigenvalue weighted by molar-refractivity contribution is 5.95. The normalized spacial score (nSPS) is 15.1. The summed E-state index contributed by atoms with van der Waals surface area (Å²) in [7, 11) is 2.99. The van der Waals surface area contributed by atoms with E-state index in [1.807, 2.05) is 24.3 Å². The predicted octanol–water partition coefficient (Wildman–Crippen LogP) is 4.48. The first-order valence-corrected chi connectivity index (χ1v) is 11.3. The predicted molar refractivity (Wildman–Crippen MR) is 124 cm³/mol. The van der Waals surface area contributed by atoms with E-state index in [9.17, 15) is 18.0 Å². The zero-order valence-corrected chi connectivity index (χ0v) is 19.5. The molecule has 2 heterocycles. The molecule has 0 spiro atoms. The summed E-state index contributed by atoms with van der Waals surface area (Å²) in [4.78, 5) is 15.4. The third kappa shape index (κ3) is 5.59. The van der Waals surface area contributed by atoms with Crippen molar-refractivity contribution in [2.24, 2.45) is 0 Å². The van der Waals surface area contributed by atoms with E-state index in [-0.39, 0.29) is 23.2 Å². The molecule has 1 aliphatic rings. The number of ether oxygens (including phenoxy) is 2. The van der Waals surface area contributed by atoms with Crippen LogP contribution < -0.4 is 14.8 Å². The Kier molecular flexibility index (Phi) is 7.30. The molecule has 0 bridgehead atoms. The monoisotopic (exact) mass is 488 g/mol. The SMILES string of the molecule is COc1ccc(C(CNC(=O)c2nn(-c3cccc(C(F)(F)F)c3)cc2OC)N2CCCC2)cc1. The maximum atomic E-state index is 13.1. The lowest BCUT2D eigenvalue weighted by Crippen LogP contribution is -2.37. The summed E-state index contributed by atoms with van der Waals surface area (Å²) in [5, 5.41) is 7.16. The number of alkyl halides is 3. The van der Waals surface area contributed by atoms with Crippen LogP contribution in [0.15, 0.2) is 54.7 Å². The second kappa shape index (κ2) is 10.4. The van der Waals surface area contributed by atoms with E-state index in [1.54, 1.807) is 7.11 Å². The molecule has 1 saturated heterocycles. The van der Waals surface area contributed by atoms with Crippen molar-refractivity contribution in [2.75, 3.05) is 33.9 Å². The van der Waals surface area contributed by atoms with Gasteiger partial charge in [-0.25, -0.2) is 4.68 Å². The van der Waals surface area contributed by atoms with Crippen LogP contribution >= 0.6 is 0 Å². The van der Waals surface area contributed by atoms with Crippen molar-refractivity contribution in [1.29, 1.82) is 0 Å². The largest absolute Gasteiger partial charge is 0.497 e. The molecule has 1 atom stereocenters. The van der Waals surface area contributed by atoms with E-state index in [0.29, 0.717) is 6.54 Å². The number of hydrogen-bond acceptors (Lipinski definition) is 5. The Morgan fingerprint density at radius 3 is 2.43 bits per heavy atom. The fraction of sp³-hybridized carbons (Fsp3) is 0.360. The molecule has 4 rings (SSSR count). The van der Waals surface area contributed by atoms with E-state index in [4.69, 9.17) is 9.47 Å². The van der Waals surface area contributed by atoms with Gasteiger partial charge in [-0.3, -0.25) is 9.69 Å². The van der Waals surface area contributed by atoms with E-state index < -0.39 is 17.6 Å². The van der Waals surface area contributed by atoms with Crippen LogP contribution in [0.25, 0.3) is 5.69 Å². The second-order valence-electron chi connectivity index (χ2n) is 8.28. The molecule has 7 nitrogen and oxygen atoms in total. The van der Waals surface area contributed by atoms with E-state index >= 15 is 0 Å². The number of methoxy groups -OCH3 is 2. The van der Waals surface area contributed by atoms with Crippen LogP contribution in [0.3, 0.4) is 0 Å². The summed E-state index contributed by atoms with van der Waals surface area (Å²) < 4.78 is 51.1. The number of rotatable bonds is 8. The Morgan fingerprint density at radius 2 is 1.80 bits per heavy atom. The smallest absolute Gasteiger partial charge is 0.416 e. The van der Waals surface area contributed by atoms with Crippen molar-refractivity contribution in [3.63, 3.8) is 0 Å². The number of halogens is 3. The highest BCUT2D eigenvalue weighted by Crippen LogP contribution is 2.31. The van der Waals surface area contributed by atoms with Crippen molar-refractivity contribution >= 4 is 5.91 Å². The molecule has 0 saturated carbocycles. The van der Waals surface area contributed by atoms with Crippen LogP contribution in [-0.2, 0) is 6.18 Å². The van der Waals surface area contributed by atoms with Gasteiger partial charge in [0, 0.05) is 6.54 Å². The van der Waals surface area contributed by atoms with Gasteiger partial charge in [0.1, 0.15) is 5.75 Å². The number of carbonyl (C=O) groups is 1. The van der Waals surface area contributed by atoms with Gasteiger partial charge in [-0.05, 0) is 61.8 Å². The Labute approximate surface area is 201 Å². The second-order valence-corrected chi connectivity index (χ2v) is 8.28. The van der Waals surface area contributed by atoms with Crippen molar-refractivity contribution in [3.05, 3.63) is 71.5 Å². The fourth-order valence-electron chi connectivity index (χ4n) is 4.23. The first-order chi connectivity index (χ1) is 16.8. The lowest BCUT2D eigenvalue weighted by atomic mass is 10.1. The molecule has 1 aromatic heterocycles. The molecule has 0 aliphatic carbocycles. The number of hydrogen-bond donors (Lipinski definition) is 1. The van der Waals surface area contributed by atoms with Crippen LogP contribution in [0.4, 0.5) is 13.2 Å². The van der Waals surface area contributed by atoms with Gasteiger partial charge < -0.3 is 14.8 Å². The minimum atomic E-state index is -4.49. The molecule has 35 heavy (non-hydrogen) atoms. The molecule has 1 fully saturated rings. The zero-order valence-electron chi connectivity index (χ0n) is 19.5. The van der Waals surface area contributed by atoms with Gasteiger partial charge in [-0.2, -0.15) is 18.3 Å². The number of nitrogens with zero attached hydrogens (tertiary/aromatic N) is 3. The summed E-state index contributed by atoms with van der Waals surface area (Å²) in [5.74, 6) is 0.454. The Morgan fingerprint density at radius 1 is 1.09 bits per heavy atom. The van der Waals surface area contributed by atoms with Crippen molar-refractivity contribution in [1.82, 2.24) is 20.0 Å². The number of benzene rings is 2. The first-order valence-electron chi connectivity index (χ1n) is 11.3. The highest BCUT2D eigenvalue weighted by atomic mass is 19.4. The lowest BCUT2D eigenvalue weighted by molar-refractivity contribution is -0.137. The average molecular weight is 489 g/mol. The molecular weight excluding hydrogens is 461 g/mol.